The summed E-state index contributed by atoms with van der Waals surface area (Å²) in [6, 6.07) is 5.15. The molecule has 0 aromatic carbocycles. The number of carbonyl (C=O) groups is 1. The third-order valence-electron chi connectivity index (χ3n) is 2.11. The molecule has 1 aromatic heterocycles. The number of amides is 1. The van der Waals surface area contributed by atoms with Gasteiger partial charge in [-0.15, -0.1) is 0 Å². The first-order valence-corrected chi connectivity index (χ1v) is 5.24. The van der Waals surface area contributed by atoms with Crippen LogP contribution in [0.25, 0.3) is 0 Å². The summed E-state index contributed by atoms with van der Waals surface area (Å²) in [6.45, 7) is 3.74. The van der Waals surface area contributed by atoms with Crippen LogP contribution < -0.4 is 0 Å². The van der Waals surface area contributed by atoms with Crippen LogP contribution in [0.2, 0.25) is 5.15 Å². The van der Waals surface area contributed by atoms with E-state index < -0.39 is 0 Å². The minimum absolute atomic E-state index is 0.0434. The number of hydrogen-bond acceptors (Lipinski definition) is 3. The Morgan fingerprint density at radius 3 is 2.88 bits per heavy atom. The van der Waals surface area contributed by atoms with Gasteiger partial charge in [-0.1, -0.05) is 11.6 Å². The van der Waals surface area contributed by atoms with Gasteiger partial charge in [-0.2, -0.15) is 5.26 Å². The van der Waals surface area contributed by atoms with E-state index in [1.165, 1.54) is 11.1 Å². The Morgan fingerprint density at radius 1 is 1.69 bits per heavy atom. The molecule has 0 atom stereocenters. The number of rotatable bonds is 3. The Kier molecular flexibility index (Phi) is 4.27. The van der Waals surface area contributed by atoms with Crippen LogP contribution in [0.4, 0.5) is 0 Å². The van der Waals surface area contributed by atoms with E-state index in [1.807, 2.05) is 19.9 Å². The normalized spacial score (nSPS) is 9.94. The molecule has 1 heterocycles. The van der Waals surface area contributed by atoms with E-state index >= 15 is 0 Å². The van der Waals surface area contributed by atoms with Crippen molar-refractivity contribution in [1.29, 1.82) is 5.26 Å². The fraction of sp³-hybridized carbons (Fsp3) is 0.364. The van der Waals surface area contributed by atoms with Crippen LogP contribution in [0.3, 0.4) is 0 Å². The molecule has 0 aliphatic rings. The molecule has 84 valence electrons. The van der Waals surface area contributed by atoms with Crippen LogP contribution in [-0.2, 0) is 0 Å². The standard InChI is InChI=1S/C11H12ClN3O/c1-8(2)15(7-5-13)11(16)9-4-3-6-14-10(9)12/h3-4,6,8H,7H2,1-2H3. The lowest BCUT2D eigenvalue weighted by Crippen LogP contribution is -2.37. The fourth-order valence-electron chi connectivity index (χ4n) is 1.27. The molecule has 1 rings (SSSR count). The molecule has 0 radical (unpaired) electrons. The van der Waals surface area contributed by atoms with Gasteiger partial charge >= 0.3 is 0 Å². The van der Waals surface area contributed by atoms with E-state index in [1.54, 1.807) is 12.1 Å². The minimum Gasteiger partial charge on any atom is -0.323 e. The van der Waals surface area contributed by atoms with E-state index in [-0.39, 0.29) is 23.6 Å². The molecular formula is C11H12ClN3O. The van der Waals surface area contributed by atoms with Gasteiger partial charge in [0.05, 0.1) is 11.6 Å². The molecular weight excluding hydrogens is 226 g/mol. The minimum atomic E-state index is -0.269. The van der Waals surface area contributed by atoms with Gasteiger partial charge < -0.3 is 4.90 Å². The van der Waals surface area contributed by atoms with Crippen molar-refractivity contribution < 1.29 is 4.79 Å². The monoisotopic (exact) mass is 237 g/mol. The van der Waals surface area contributed by atoms with Gasteiger partial charge in [0.1, 0.15) is 11.7 Å². The van der Waals surface area contributed by atoms with Crippen LogP contribution >= 0.6 is 11.6 Å². The Labute approximate surface area is 99.5 Å². The Balaban J connectivity index is 3.01. The molecule has 4 nitrogen and oxygen atoms in total. The molecule has 0 saturated carbocycles. The molecule has 0 fully saturated rings. The number of hydrogen-bond donors (Lipinski definition) is 0. The number of aromatic nitrogens is 1. The summed E-state index contributed by atoms with van der Waals surface area (Å²) in [5.41, 5.74) is 0.327. The zero-order valence-electron chi connectivity index (χ0n) is 9.14. The molecule has 0 unspecified atom stereocenters. The van der Waals surface area contributed by atoms with Crippen LogP contribution in [0.5, 0.6) is 0 Å². The predicted molar refractivity (Wildman–Crippen MR) is 61.0 cm³/mol. The average Bonchev–Trinajstić information content (AvgIpc) is 2.25. The van der Waals surface area contributed by atoms with E-state index in [4.69, 9.17) is 16.9 Å². The summed E-state index contributed by atoms with van der Waals surface area (Å²) in [7, 11) is 0. The SMILES string of the molecule is CC(C)N(CC#N)C(=O)c1cccnc1Cl. The third-order valence-corrected chi connectivity index (χ3v) is 2.42. The molecule has 16 heavy (non-hydrogen) atoms. The van der Waals surface area contributed by atoms with Crippen LogP contribution in [0.1, 0.15) is 24.2 Å². The van der Waals surface area contributed by atoms with Gasteiger partial charge in [-0.25, -0.2) is 4.98 Å². The van der Waals surface area contributed by atoms with Gasteiger partial charge in [0, 0.05) is 12.2 Å². The predicted octanol–water partition coefficient (Wildman–Crippen LogP) is 2.11. The molecule has 0 saturated heterocycles. The Hall–Kier alpha value is -1.60. The zero-order chi connectivity index (χ0) is 12.1. The summed E-state index contributed by atoms with van der Waals surface area (Å²) >= 11 is 5.83. The molecule has 5 heteroatoms. The quantitative estimate of drug-likeness (QED) is 0.598. The number of nitrogens with zero attached hydrogens (tertiary/aromatic N) is 3. The maximum Gasteiger partial charge on any atom is 0.258 e. The van der Waals surface area contributed by atoms with Gasteiger partial charge in [-0.05, 0) is 26.0 Å². The summed E-state index contributed by atoms with van der Waals surface area (Å²) in [6.07, 6.45) is 1.52. The van der Waals surface area contributed by atoms with Crippen molar-refractivity contribution in [3.63, 3.8) is 0 Å². The second-order valence-electron chi connectivity index (χ2n) is 3.53. The van der Waals surface area contributed by atoms with E-state index in [2.05, 4.69) is 4.98 Å². The average molecular weight is 238 g/mol. The van der Waals surface area contributed by atoms with Crippen LogP contribution in [-0.4, -0.2) is 28.4 Å². The van der Waals surface area contributed by atoms with Crippen molar-refractivity contribution in [2.45, 2.75) is 19.9 Å². The lowest BCUT2D eigenvalue weighted by molar-refractivity contribution is 0.0731. The van der Waals surface area contributed by atoms with Crippen molar-refractivity contribution in [1.82, 2.24) is 9.88 Å². The van der Waals surface area contributed by atoms with Crippen LogP contribution in [0, 0.1) is 11.3 Å². The second kappa shape index (κ2) is 5.47. The summed E-state index contributed by atoms with van der Waals surface area (Å²) in [4.78, 5) is 17.3. The third kappa shape index (κ3) is 2.71. The van der Waals surface area contributed by atoms with Crippen molar-refractivity contribution >= 4 is 17.5 Å². The lowest BCUT2D eigenvalue weighted by Gasteiger charge is -2.23. The molecule has 0 aliphatic heterocycles. The first-order chi connectivity index (χ1) is 7.57. The topological polar surface area (TPSA) is 57.0 Å². The maximum atomic E-state index is 12.0. The van der Waals surface area contributed by atoms with E-state index in [0.717, 1.165) is 0 Å². The largest absolute Gasteiger partial charge is 0.323 e. The smallest absolute Gasteiger partial charge is 0.258 e. The Morgan fingerprint density at radius 2 is 2.38 bits per heavy atom. The van der Waals surface area contributed by atoms with Crippen molar-refractivity contribution in [3.05, 3.63) is 29.0 Å². The zero-order valence-corrected chi connectivity index (χ0v) is 9.90. The molecule has 0 bridgehead atoms. The van der Waals surface area contributed by atoms with E-state index in [0.29, 0.717) is 5.56 Å². The Bertz CT molecular complexity index is 425. The van der Waals surface area contributed by atoms with Crippen molar-refractivity contribution in [2.24, 2.45) is 0 Å². The fourth-order valence-corrected chi connectivity index (χ4v) is 1.47. The molecule has 0 spiro atoms. The van der Waals surface area contributed by atoms with Gasteiger partial charge in [0.25, 0.3) is 5.91 Å². The highest BCUT2D eigenvalue weighted by atomic mass is 35.5. The number of nitriles is 1. The number of carbonyl (C=O) groups excluding carboxylic acids is 1. The summed E-state index contributed by atoms with van der Waals surface area (Å²) in [5.74, 6) is -0.269. The summed E-state index contributed by atoms with van der Waals surface area (Å²) in [5, 5.41) is 8.82. The van der Waals surface area contributed by atoms with Crippen LogP contribution in [0.15, 0.2) is 18.3 Å². The molecule has 0 aliphatic carbocycles. The summed E-state index contributed by atoms with van der Waals surface area (Å²) < 4.78 is 0. The van der Waals surface area contributed by atoms with Gasteiger partial charge in [-0.3, -0.25) is 4.79 Å². The highest BCUT2D eigenvalue weighted by Crippen LogP contribution is 2.15. The first kappa shape index (κ1) is 12.5. The van der Waals surface area contributed by atoms with Gasteiger partial charge in [0.15, 0.2) is 0 Å². The maximum absolute atomic E-state index is 12.0. The van der Waals surface area contributed by atoms with Crippen molar-refractivity contribution in [2.75, 3.05) is 6.54 Å². The first-order valence-electron chi connectivity index (χ1n) is 4.86. The molecule has 1 amide bonds. The highest BCUT2D eigenvalue weighted by Gasteiger charge is 2.20. The lowest BCUT2D eigenvalue weighted by atomic mass is 10.2. The number of halogens is 1. The van der Waals surface area contributed by atoms with Gasteiger partial charge in [0.2, 0.25) is 0 Å². The number of pyridine rings is 1. The molecule has 0 N–H and O–H groups in total. The molecule has 1 aromatic rings. The second-order valence-corrected chi connectivity index (χ2v) is 3.88. The highest BCUT2D eigenvalue weighted by molar-refractivity contribution is 6.32. The van der Waals surface area contributed by atoms with Crippen molar-refractivity contribution in [3.8, 4) is 6.07 Å². The van der Waals surface area contributed by atoms with E-state index in [9.17, 15) is 4.79 Å².